The highest BCUT2D eigenvalue weighted by atomic mass is 79.9. The van der Waals surface area contributed by atoms with Crippen LogP contribution in [0.5, 0.6) is 0 Å². The molecule has 58 valence electrons. The summed E-state index contributed by atoms with van der Waals surface area (Å²) in [6, 6.07) is 2.64. The molecule has 0 radical (unpaired) electrons. The predicted molar refractivity (Wildman–Crippen MR) is 43.9 cm³/mol. The third-order valence-electron chi connectivity index (χ3n) is 1.30. The summed E-state index contributed by atoms with van der Waals surface area (Å²) in [6.07, 6.45) is 0.516. The number of rotatable bonds is 1. The fourth-order valence-electron chi connectivity index (χ4n) is 0.703. The monoisotopic (exact) mass is 217 g/mol. The van der Waals surface area contributed by atoms with Gasteiger partial charge in [-0.3, -0.25) is 4.79 Å². The molecule has 0 aliphatic heterocycles. The highest BCUT2D eigenvalue weighted by Crippen LogP contribution is 2.23. The van der Waals surface area contributed by atoms with Crippen molar-refractivity contribution in [3.63, 3.8) is 0 Å². The molecule has 0 heterocycles. The third kappa shape index (κ3) is 1.40. The summed E-state index contributed by atoms with van der Waals surface area (Å²) in [6.45, 7) is 0. The summed E-state index contributed by atoms with van der Waals surface area (Å²) in [5.41, 5.74) is 5.30. The van der Waals surface area contributed by atoms with Gasteiger partial charge in [-0.2, -0.15) is 0 Å². The summed E-state index contributed by atoms with van der Waals surface area (Å²) in [5, 5.41) is 0. The zero-order valence-corrected chi connectivity index (χ0v) is 7.06. The molecule has 1 rings (SSSR count). The van der Waals surface area contributed by atoms with Crippen LogP contribution in [0.3, 0.4) is 0 Å². The molecule has 0 spiro atoms. The Bertz CT molecular complexity index is 301. The zero-order valence-electron chi connectivity index (χ0n) is 5.47. The van der Waals surface area contributed by atoms with Crippen LogP contribution in [0.1, 0.15) is 10.4 Å². The van der Waals surface area contributed by atoms with Crippen LogP contribution in [0.25, 0.3) is 0 Å². The molecule has 0 saturated carbocycles. The maximum Gasteiger partial charge on any atom is 0.153 e. The van der Waals surface area contributed by atoms with Gasteiger partial charge in [0.1, 0.15) is 5.82 Å². The van der Waals surface area contributed by atoms with E-state index in [1.807, 2.05) is 0 Å². The lowest BCUT2D eigenvalue weighted by atomic mass is 10.2. The van der Waals surface area contributed by atoms with E-state index in [2.05, 4.69) is 15.9 Å². The number of carbonyl (C=O) groups is 1. The van der Waals surface area contributed by atoms with E-state index in [-0.39, 0.29) is 11.3 Å². The number of aldehydes is 1. The lowest BCUT2D eigenvalue weighted by Gasteiger charge is -2.00. The van der Waals surface area contributed by atoms with E-state index in [9.17, 15) is 9.18 Å². The van der Waals surface area contributed by atoms with Gasteiger partial charge < -0.3 is 5.73 Å². The lowest BCUT2D eigenvalue weighted by Crippen LogP contribution is -1.97. The molecule has 1 aromatic carbocycles. The van der Waals surface area contributed by atoms with Crippen molar-refractivity contribution in [1.29, 1.82) is 0 Å². The Kier molecular flexibility index (Phi) is 2.24. The molecule has 0 aromatic heterocycles. The summed E-state index contributed by atoms with van der Waals surface area (Å²) < 4.78 is 13.1. The van der Waals surface area contributed by atoms with Crippen molar-refractivity contribution < 1.29 is 9.18 Å². The number of anilines is 1. The second-order valence-corrected chi connectivity index (χ2v) is 2.83. The molecule has 0 unspecified atom stereocenters. The Morgan fingerprint density at radius 1 is 1.55 bits per heavy atom. The van der Waals surface area contributed by atoms with Crippen molar-refractivity contribution in [3.05, 3.63) is 28.0 Å². The van der Waals surface area contributed by atoms with Gasteiger partial charge in [-0.1, -0.05) is 0 Å². The molecule has 0 aliphatic rings. The maximum absolute atomic E-state index is 12.6. The smallest absolute Gasteiger partial charge is 0.153 e. The van der Waals surface area contributed by atoms with Crippen LogP contribution in [0.2, 0.25) is 0 Å². The van der Waals surface area contributed by atoms with Gasteiger partial charge in [0.25, 0.3) is 0 Å². The number of halogens is 2. The minimum absolute atomic E-state index is 0.116. The molecule has 0 aliphatic carbocycles. The van der Waals surface area contributed by atoms with E-state index < -0.39 is 5.82 Å². The summed E-state index contributed by atoms with van der Waals surface area (Å²) in [5.74, 6) is -0.574. The molecule has 0 amide bonds. The first-order valence-electron chi connectivity index (χ1n) is 2.85. The van der Waals surface area contributed by atoms with Crippen LogP contribution in [0.15, 0.2) is 16.6 Å². The van der Waals surface area contributed by atoms with E-state index in [1.54, 1.807) is 0 Å². The molecule has 0 bridgehead atoms. The normalized spacial score (nSPS) is 9.64. The maximum atomic E-state index is 12.6. The quantitative estimate of drug-likeness (QED) is 0.578. The molecule has 2 nitrogen and oxygen atoms in total. The number of nitrogens with two attached hydrogens (primary N) is 1. The fraction of sp³-hybridized carbons (Fsp3) is 0. The van der Waals surface area contributed by atoms with Crippen LogP contribution in [0, 0.1) is 5.82 Å². The Balaban J connectivity index is 3.40. The minimum atomic E-state index is -0.574. The zero-order chi connectivity index (χ0) is 8.43. The third-order valence-corrected chi connectivity index (χ3v) is 1.99. The Hall–Kier alpha value is -0.900. The summed E-state index contributed by atoms with van der Waals surface area (Å²) >= 11 is 3.06. The van der Waals surface area contributed by atoms with Gasteiger partial charge in [-0.25, -0.2) is 4.39 Å². The largest absolute Gasteiger partial charge is 0.396 e. The van der Waals surface area contributed by atoms with E-state index in [1.165, 1.54) is 12.1 Å². The van der Waals surface area contributed by atoms with Gasteiger partial charge in [-0.15, -0.1) is 0 Å². The molecule has 0 saturated heterocycles. The van der Waals surface area contributed by atoms with Crippen LogP contribution in [-0.4, -0.2) is 6.29 Å². The molecule has 2 N–H and O–H groups in total. The standard InChI is InChI=1S/C7H5BrFNO/c8-5-1-2-6(9)7(10)4(5)3-11/h1-3H,10H2. The van der Waals surface area contributed by atoms with Crippen molar-refractivity contribution in [2.75, 3.05) is 5.73 Å². The van der Waals surface area contributed by atoms with Gasteiger partial charge in [0, 0.05) is 4.47 Å². The number of benzene rings is 1. The summed E-state index contributed by atoms with van der Waals surface area (Å²) in [4.78, 5) is 10.3. The first kappa shape index (κ1) is 8.20. The predicted octanol–water partition coefficient (Wildman–Crippen LogP) is 1.98. The van der Waals surface area contributed by atoms with Gasteiger partial charge in [0.15, 0.2) is 6.29 Å². The highest BCUT2D eigenvalue weighted by Gasteiger charge is 2.06. The molecular weight excluding hydrogens is 213 g/mol. The van der Waals surface area contributed by atoms with Crippen molar-refractivity contribution >= 4 is 27.9 Å². The highest BCUT2D eigenvalue weighted by molar-refractivity contribution is 9.10. The molecule has 0 atom stereocenters. The second kappa shape index (κ2) is 3.00. The first-order chi connectivity index (χ1) is 5.16. The SMILES string of the molecule is Nc1c(F)ccc(Br)c1C=O. The van der Waals surface area contributed by atoms with Gasteiger partial charge in [0.05, 0.1) is 11.3 Å². The van der Waals surface area contributed by atoms with Crippen molar-refractivity contribution in [1.82, 2.24) is 0 Å². The van der Waals surface area contributed by atoms with E-state index in [0.29, 0.717) is 10.8 Å². The van der Waals surface area contributed by atoms with Gasteiger partial charge >= 0.3 is 0 Å². The Morgan fingerprint density at radius 3 is 2.64 bits per heavy atom. The molecule has 11 heavy (non-hydrogen) atoms. The molecule has 4 heteroatoms. The lowest BCUT2D eigenvalue weighted by molar-refractivity contribution is 0.112. The van der Waals surface area contributed by atoms with Crippen molar-refractivity contribution in [3.8, 4) is 0 Å². The Labute approximate surface area is 71.3 Å². The number of nitrogen functional groups attached to an aromatic ring is 1. The van der Waals surface area contributed by atoms with E-state index in [0.717, 1.165) is 0 Å². The van der Waals surface area contributed by atoms with Crippen LogP contribution < -0.4 is 5.73 Å². The van der Waals surface area contributed by atoms with Crippen molar-refractivity contribution in [2.45, 2.75) is 0 Å². The van der Waals surface area contributed by atoms with Gasteiger partial charge in [-0.05, 0) is 28.1 Å². The molecule has 1 aromatic rings. The average Bonchev–Trinajstić information content (AvgIpc) is 1.99. The van der Waals surface area contributed by atoms with E-state index in [4.69, 9.17) is 5.73 Å². The van der Waals surface area contributed by atoms with Gasteiger partial charge in [0.2, 0.25) is 0 Å². The second-order valence-electron chi connectivity index (χ2n) is 1.97. The average molecular weight is 218 g/mol. The first-order valence-corrected chi connectivity index (χ1v) is 3.64. The minimum Gasteiger partial charge on any atom is -0.396 e. The fourth-order valence-corrected chi connectivity index (χ4v) is 1.14. The Morgan fingerprint density at radius 2 is 2.18 bits per heavy atom. The molecule has 0 fully saturated rings. The summed E-state index contributed by atoms with van der Waals surface area (Å²) in [7, 11) is 0. The number of hydrogen-bond donors (Lipinski definition) is 1. The number of hydrogen-bond acceptors (Lipinski definition) is 2. The van der Waals surface area contributed by atoms with Crippen molar-refractivity contribution in [2.24, 2.45) is 0 Å². The van der Waals surface area contributed by atoms with E-state index >= 15 is 0 Å². The van der Waals surface area contributed by atoms with Crippen LogP contribution >= 0.6 is 15.9 Å². The number of carbonyl (C=O) groups excluding carboxylic acids is 1. The topological polar surface area (TPSA) is 43.1 Å². The van der Waals surface area contributed by atoms with Crippen LogP contribution in [0.4, 0.5) is 10.1 Å². The van der Waals surface area contributed by atoms with Crippen LogP contribution in [-0.2, 0) is 0 Å². The molecular formula is C7H5BrFNO.